The van der Waals surface area contributed by atoms with Gasteiger partial charge in [0.1, 0.15) is 6.61 Å². The zero-order valence-corrected chi connectivity index (χ0v) is 19.9. The summed E-state index contributed by atoms with van der Waals surface area (Å²) < 4.78 is 17.2. The Balaban J connectivity index is 2.09. The number of hydrogen-bond donors (Lipinski definition) is 0. The van der Waals surface area contributed by atoms with Gasteiger partial charge in [0.15, 0.2) is 5.60 Å². The molecule has 7 nitrogen and oxygen atoms in total. The third-order valence-corrected chi connectivity index (χ3v) is 6.60. The summed E-state index contributed by atoms with van der Waals surface area (Å²) in [5, 5.41) is 0. The average Bonchev–Trinajstić information content (AvgIpc) is 3.27. The molecule has 32 heavy (non-hydrogen) atoms. The van der Waals surface area contributed by atoms with Gasteiger partial charge >= 0.3 is 12.1 Å². The van der Waals surface area contributed by atoms with Crippen molar-refractivity contribution in [2.75, 3.05) is 13.2 Å². The topological polar surface area (TPSA) is 82.1 Å². The number of amides is 2. The van der Waals surface area contributed by atoms with Crippen LogP contribution in [0, 0.1) is 23.7 Å². The average molecular weight is 446 g/mol. The number of carbonyl (C=O) groups is 3. The van der Waals surface area contributed by atoms with Crippen LogP contribution in [0.4, 0.5) is 4.79 Å². The molecule has 5 atom stereocenters. The summed E-state index contributed by atoms with van der Waals surface area (Å²) >= 11 is 0. The molecule has 2 saturated heterocycles. The van der Waals surface area contributed by atoms with Crippen molar-refractivity contribution in [3.05, 3.63) is 35.9 Å². The highest BCUT2D eigenvalue weighted by Gasteiger charge is 2.62. The molecule has 0 aromatic heterocycles. The van der Waals surface area contributed by atoms with E-state index in [0.29, 0.717) is 6.42 Å². The lowest BCUT2D eigenvalue weighted by Crippen LogP contribution is -2.50. The van der Waals surface area contributed by atoms with Crippen LogP contribution in [0.3, 0.4) is 0 Å². The Hall–Kier alpha value is -2.41. The van der Waals surface area contributed by atoms with Gasteiger partial charge in [0.25, 0.3) is 0 Å². The lowest BCUT2D eigenvalue weighted by molar-refractivity contribution is -0.177. The van der Waals surface area contributed by atoms with Crippen LogP contribution in [0.15, 0.2) is 30.3 Å². The van der Waals surface area contributed by atoms with Gasteiger partial charge in [-0.3, -0.25) is 4.79 Å². The van der Waals surface area contributed by atoms with E-state index in [1.54, 1.807) is 6.92 Å². The van der Waals surface area contributed by atoms with Crippen molar-refractivity contribution < 1.29 is 28.6 Å². The predicted octanol–water partition coefficient (Wildman–Crippen LogP) is 4.36. The number of ether oxygens (including phenoxy) is 3. The van der Waals surface area contributed by atoms with Gasteiger partial charge in [-0.1, -0.05) is 65.0 Å². The van der Waals surface area contributed by atoms with Crippen LogP contribution >= 0.6 is 0 Å². The maximum Gasteiger partial charge on any atom is 0.416 e. The lowest BCUT2D eigenvalue weighted by Gasteiger charge is -2.33. The molecule has 176 valence electrons. The third kappa shape index (κ3) is 4.27. The molecule has 7 heteroatoms. The normalized spacial score (nSPS) is 30.1. The Morgan fingerprint density at radius 3 is 2.41 bits per heavy atom. The Kier molecular flexibility index (Phi) is 7.28. The molecule has 2 amide bonds. The molecule has 0 aliphatic carbocycles. The van der Waals surface area contributed by atoms with Crippen LogP contribution in [0.25, 0.3) is 0 Å². The molecule has 2 fully saturated rings. The van der Waals surface area contributed by atoms with Crippen molar-refractivity contribution in [3.63, 3.8) is 0 Å². The monoisotopic (exact) mass is 445 g/mol. The van der Waals surface area contributed by atoms with Crippen molar-refractivity contribution in [2.45, 2.75) is 65.7 Å². The van der Waals surface area contributed by atoms with Crippen LogP contribution in [-0.2, 0) is 23.8 Å². The van der Waals surface area contributed by atoms with Gasteiger partial charge in [0, 0.05) is 5.92 Å². The Morgan fingerprint density at radius 1 is 1.19 bits per heavy atom. The number of benzene rings is 1. The molecule has 2 aliphatic heterocycles. The molecule has 3 rings (SSSR count). The van der Waals surface area contributed by atoms with E-state index in [0.717, 1.165) is 5.56 Å². The van der Waals surface area contributed by atoms with E-state index in [-0.39, 0.29) is 37.0 Å². The summed E-state index contributed by atoms with van der Waals surface area (Å²) in [6.07, 6.45) is -0.897. The molecule has 2 aliphatic rings. The third-order valence-electron chi connectivity index (χ3n) is 6.60. The zero-order chi connectivity index (χ0) is 23.6. The van der Waals surface area contributed by atoms with Crippen LogP contribution in [0.1, 0.15) is 59.6 Å². The minimum Gasteiger partial charge on any atom is -0.464 e. The molecular weight excluding hydrogens is 410 g/mol. The van der Waals surface area contributed by atoms with Crippen LogP contribution in [0.2, 0.25) is 0 Å². The van der Waals surface area contributed by atoms with Gasteiger partial charge in [-0.05, 0) is 30.7 Å². The number of imide groups is 1. The highest BCUT2D eigenvalue weighted by molar-refractivity contribution is 5.96. The SMILES string of the molecule is CCOC(=O)C1(CC(C)C)OC(c2ccccc2)C(C(=O)N2C(=O)OCC2C(C)C)C1C. The second kappa shape index (κ2) is 9.61. The fraction of sp³-hybridized carbons (Fsp3) is 0.640. The minimum absolute atomic E-state index is 0.0451. The van der Waals surface area contributed by atoms with E-state index >= 15 is 0 Å². The second-order valence-electron chi connectivity index (χ2n) is 9.57. The van der Waals surface area contributed by atoms with E-state index < -0.39 is 35.6 Å². The molecule has 1 aromatic carbocycles. The first-order chi connectivity index (χ1) is 15.1. The Labute approximate surface area is 190 Å². The Bertz CT molecular complexity index is 838. The maximum absolute atomic E-state index is 13.9. The summed E-state index contributed by atoms with van der Waals surface area (Å²) in [6.45, 7) is 11.9. The molecule has 0 bridgehead atoms. The number of esters is 1. The number of cyclic esters (lactones) is 1. The van der Waals surface area contributed by atoms with Crippen molar-refractivity contribution in [1.29, 1.82) is 0 Å². The fourth-order valence-electron chi connectivity index (χ4n) is 4.97. The van der Waals surface area contributed by atoms with E-state index in [4.69, 9.17) is 14.2 Å². The first-order valence-electron chi connectivity index (χ1n) is 11.5. The standard InChI is InChI=1S/C25H35NO6/c1-7-30-23(28)25(13-15(2)3)17(6)20(21(32-25)18-11-9-8-10-12-18)22(27)26-19(16(4)5)14-31-24(26)29/h8-12,15-17,19-21H,7,13-14H2,1-6H3. The van der Waals surface area contributed by atoms with Gasteiger partial charge in [0.2, 0.25) is 5.91 Å². The van der Waals surface area contributed by atoms with Crippen molar-refractivity contribution in [2.24, 2.45) is 23.7 Å². The van der Waals surface area contributed by atoms with E-state index in [9.17, 15) is 14.4 Å². The Morgan fingerprint density at radius 2 is 1.84 bits per heavy atom. The van der Waals surface area contributed by atoms with Gasteiger partial charge in [-0.25, -0.2) is 14.5 Å². The molecular formula is C25H35NO6. The number of rotatable bonds is 7. The highest BCUT2D eigenvalue weighted by atomic mass is 16.6. The van der Waals surface area contributed by atoms with Gasteiger partial charge in [0.05, 0.1) is 24.7 Å². The van der Waals surface area contributed by atoms with Gasteiger partial charge in [-0.2, -0.15) is 0 Å². The molecule has 2 heterocycles. The first-order valence-corrected chi connectivity index (χ1v) is 11.5. The second-order valence-corrected chi connectivity index (χ2v) is 9.57. The van der Waals surface area contributed by atoms with E-state index in [2.05, 4.69) is 0 Å². The predicted molar refractivity (Wildman–Crippen MR) is 119 cm³/mol. The number of nitrogens with zero attached hydrogens (tertiary/aromatic N) is 1. The molecule has 5 unspecified atom stereocenters. The summed E-state index contributed by atoms with van der Waals surface area (Å²) in [5.74, 6) is -1.87. The highest BCUT2D eigenvalue weighted by Crippen LogP contribution is 2.52. The summed E-state index contributed by atoms with van der Waals surface area (Å²) in [7, 11) is 0. The maximum atomic E-state index is 13.9. The summed E-state index contributed by atoms with van der Waals surface area (Å²) in [4.78, 5) is 41.0. The minimum atomic E-state index is -1.28. The van der Waals surface area contributed by atoms with E-state index in [1.807, 2.05) is 65.0 Å². The molecule has 1 aromatic rings. The summed E-state index contributed by atoms with van der Waals surface area (Å²) in [5.41, 5.74) is -0.483. The molecule has 0 saturated carbocycles. The smallest absolute Gasteiger partial charge is 0.416 e. The largest absolute Gasteiger partial charge is 0.464 e. The van der Waals surface area contributed by atoms with Gasteiger partial charge < -0.3 is 14.2 Å². The van der Waals surface area contributed by atoms with Crippen molar-refractivity contribution >= 4 is 18.0 Å². The first kappa shape index (κ1) is 24.2. The van der Waals surface area contributed by atoms with Crippen LogP contribution in [0.5, 0.6) is 0 Å². The quantitative estimate of drug-likeness (QED) is 0.580. The van der Waals surface area contributed by atoms with Crippen LogP contribution in [-0.4, -0.2) is 47.7 Å². The summed E-state index contributed by atoms with van der Waals surface area (Å²) in [6, 6.07) is 9.06. The molecule has 0 radical (unpaired) electrons. The van der Waals surface area contributed by atoms with Crippen molar-refractivity contribution in [3.8, 4) is 0 Å². The number of hydrogen-bond acceptors (Lipinski definition) is 6. The molecule has 0 spiro atoms. The van der Waals surface area contributed by atoms with Crippen LogP contribution < -0.4 is 0 Å². The van der Waals surface area contributed by atoms with Crippen molar-refractivity contribution in [1.82, 2.24) is 4.90 Å². The fourth-order valence-corrected chi connectivity index (χ4v) is 4.97. The number of carbonyl (C=O) groups excluding carboxylic acids is 3. The lowest BCUT2D eigenvalue weighted by atomic mass is 9.75. The molecule has 0 N–H and O–H groups in total. The van der Waals surface area contributed by atoms with E-state index in [1.165, 1.54) is 4.90 Å². The zero-order valence-electron chi connectivity index (χ0n) is 19.9. The van der Waals surface area contributed by atoms with Gasteiger partial charge in [-0.15, -0.1) is 0 Å².